The van der Waals surface area contributed by atoms with Gasteiger partial charge in [-0.3, -0.25) is 0 Å². The minimum atomic E-state index is -0.0284. The van der Waals surface area contributed by atoms with Gasteiger partial charge in [0.05, 0.1) is 24.4 Å². The summed E-state index contributed by atoms with van der Waals surface area (Å²) in [6.07, 6.45) is 3.10. The van der Waals surface area contributed by atoms with Gasteiger partial charge in [0.15, 0.2) is 0 Å². The van der Waals surface area contributed by atoms with Gasteiger partial charge < -0.3 is 10.6 Å². The highest BCUT2D eigenvalue weighted by molar-refractivity contribution is 5.38. The van der Waals surface area contributed by atoms with E-state index in [9.17, 15) is 0 Å². The molecule has 1 aromatic rings. The molecule has 0 aliphatic carbocycles. The van der Waals surface area contributed by atoms with Crippen molar-refractivity contribution in [3.63, 3.8) is 0 Å². The van der Waals surface area contributed by atoms with Crippen molar-refractivity contribution >= 4 is 11.6 Å². The van der Waals surface area contributed by atoms with Crippen molar-refractivity contribution in [3.05, 3.63) is 12.4 Å². The third-order valence-electron chi connectivity index (χ3n) is 1.82. The highest BCUT2D eigenvalue weighted by atomic mass is 15.2. The van der Waals surface area contributed by atoms with Crippen molar-refractivity contribution < 1.29 is 0 Å². The Morgan fingerprint density at radius 1 is 1.57 bits per heavy atom. The van der Waals surface area contributed by atoms with Crippen molar-refractivity contribution in [2.24, 2.45) is 5.92 Å². The van der Waals surface area contributed by atoms with Gasteiger partial charge in [0, 0.05) is 13.6 Å². The van der Waals surface area contributed by atoms with Crippen LogP contribution in [0, 0.1) is 17.2 Å². The first-order valence-corrected chi connectivity index (χ1v) is 4.31. The Labute approximate surface area is 83.2 Å². The standard InChI is InChI=1S/C9H13N5/c1-7(3-10)6-14(2)9-5-12-8(11)4-13-9/h4-5,7H,6H2,1-2H3,(H2,11,12). The zero-order valence-corrected chi connectivity index (χ0v) is 8.31. The summed E-state index contributed by atoms with van der Waals surface area (Å²) in [6, 6.07) is 2.16. The Balaban J connectivity index is 2.66. The lowest BCUT2D eigenvalue weighted by Gasteiger charge is -2.18. The number of nitriles is 1. The van der Waals surface area contributed by atoms with Crippen LogP contribution in [0.2, 0.25) is 0 Å². The molecule has 0 aromatic carbocycles. The molecule has 0 bridgehead atoms. The average molecular weight is 191 g/mol. The first-order chi connectivity index (χ1) is 6.63. The summed E-state index contributed by atoms with van der Waals surface area (Å²) in [5, 5.41) is 8.64. The molecule has 0 saturated heterocycles. The normalized spacial score (nSPS) is 11.8. The molecule has 5 heteroatoms. The number of nitrogens with two attached hydrogens (primary N) is 1. The summed E-state index contributed by atoms with van der Waals surface area (Å²) in [5.41, 5.74) is 5.41. The lowest BCUT2D eigenvalue weighted by molar-refractivity contribution is 0.709. The predicted octanol–water partition coefficient (Wildman–Crippen LogP) is 0.655. The molecule has 0 fully saturated rings. The lowest BCUT2D eigenvalue weighted by atomic mass is 10.2. The molecule has 1 unspecified atom stereocenters. The maximum absolute atomic E-state index is 8.64. The SMILES string of the molecule is CC(C#N)CN(C)c1cnc(N)cn1. The largest absolute Gasteiger partial charge is 0.382 e. The fraction of sp³-hybridized carbons (Fsp3) is 0.444. The van der Waals surface area contributed by atoms with Crippen LogP contribution in [-0.4, -0.2) is 23.6 Å². The molecule has 5 nitrogen and oxygen atoms in total. The quantitative estimate of drug-likeness (QED) is 0.759. The Kier molecular flexibility index (Phi) is 3.24. The monoisotopic (exact) mass is 191 g/mol. The second-order valence-corrected chi connectivity index (χ2v) is 3.21. The summed E-state index contributed by atoms with van der Waals surface area (Å²) in [4.78, 5) is 9.89. The molecule has 1 aromatic heterocycles. The summed E-state index contributed by atoms with van der Waals surface area (Å²) >= 11 is 0. The van der Waals surface area contributed by atoms with Crippen molar-refractivity contribution in [1.29, 1.82) is 5.26 Å². The Morgan fingerprint density at radius 3 is 2.79 bits per heavy atom. The third kappa shape index (κ3) is 2.59. The van der Waals surface area contributed by atoms with E-state index in [1.165, 1.54) is 6.20 Å². The van der Waals surface area contributed by atoms with E-state index in [4.69, 9.17) is 11.0 Å². The molecule has 1 atom stereocenters. The minimum absolute atomic E-state index is 0.0284. The van der Waals surface area contributed by atoms with Crippen LogP contribution in [0.25, 0.3) is 0 Å². The number of nitrogens with zero attached hydrogens (tertiary/aromatic N) is 4. The Hall–Kier alpha value is -1.83. The molecule has 1 rings (SSSR count). The van der Waals surface area contributed by atoms with Crippen LogP contribution in [0.3, 0.4) is 0 Å². The van der Waals surface area contributed by atoms with E-state index in [1.54, 1.807) is 6.20 Å². The number of nitrogen functional groups attached to an aromatic ring is 1. The van der Waals surface area contributed by atoms with E-state index in [0.717, 1.165) is 5.82 Å². The number of hydrogen-bond acceptors (Lipinski definition) is 5. The summed E-state index contributed by atoms with van der Waals surface area (Å²) in [5.74, 6) is 1.09. The second-order valence-electron chi connectivity index (χ2n) is 3.21. The maximum Gasteiger partial charge on any atom is 0.147 e. The van der Waals surface area contributed by atoms with Gasteiger partial charge >= 0.3 is 0 Å². The molecule has 74 valence electrons. The van der Waals surface area contributed by atoms with Gasteiger partial charge in [-0.25, -0.2) is 9.97 Å². The van der Waals surface area contributed by atoms with Gasteiger partial charge in [-0.15, -0.1) is 0 Å². The molecule has 0 amide bonds. The van der Waals surface area contributed by atoms with Gasteiger partial charge in [0.25, 0.3) is 0 Å². The predicted molar refractivity (Wildman–Crippen MR) is 54.5 cm³/mol. The van der Waals surface area contributed by atoms with E-state index >= 15 is 0 Å². The van der Waals surface area contributed by atoms with E-state index in [0.29, 0.717) is 12.4 Å². The molecule has 1 heterocycles. The highest BCUT2D eigenvalue weighted by Crippen LogP contribution is 2.09. The van der Waals surface area contributed by atoms with Crippen LogP contribution in [0.15, 0.2) is 12.4 Å². The summed E-state index contributed by atoms with van der Waals surface area (Å²) in [7, 11) is 1.87. The number of aromatic nitrogens is 2. The molecule has 14 heavy (non-hydrogen) atoms. The molecule has 0 aliphatic rings. The molecule has 0 radical (unpaired) electrons. The highest BCUT2D eigenvalue weighted by Gasteiger charge is 2.07. The average Bonchev–Trinajstić information content (AvgIpc) is 2.18. The van der Waals surface area contributed by atoms with Crippen molar-refractivity contribution in [2.45, 2.75) is 6.92 Å². The van der Waals surface area contributed by atoms with Crippen molar-refractivity contribution in [2.75, 3.05) is 24.2 Å². The van der Waals surface area contributed by atoms with E-state index < -0.39 is 0 Å². The van der Waals surface area contributed by atoms with Crippen LogP contribution >= 0.6 is 0 Å². The van der Waals surface area contributed by atoms with Crippen LogP contribution in [-0.2, 0) is 0 Å². The first-order valence-electron chi connectivity index (χ1n) is 4.31. The van der Waals surface area contributed by atoms with Gasteiger partial charge in [-0.2, -0.15) is 5.26 Å². The Bertz CT molecular complexity index is 326. The van der Waals surface area contributed by atoms with Crippen molar-refractivity contribution in [3.8, 4) is 6.07 Å². The number of anilines is 2. The van der Waals surface area contributed by atoms with Crippen molar-refractivity contribution in [1.82, 2.24) is 9.97 Å². The summed E-state index contributed by atoms with van der Waals surface area (Å²) in [6.45, 7) is 2.50. The fourth-order valence-electron chi connectivity index (χ4n) is 1.07. The van der Waals surface area contributed by atoms with E-state index in [-0.39, 0.29) is 5.92 Å². The van der Waals surface area contributed by atoms with Gasteiger partial charge in [-0.1, -0.05) is 0 Å². The lowest BCUT2D eigenvalue weighted by Crippen LogP contribution is -2.24. The maximum atomic E-state index is 8.64. The molecular formula is C9H13N5. The summed E-state index contributed by atoms with van der Waals surface area (Å²) < 4.78 is 0. The molecular weight excluding hydrogens is 178 g/mol. The molecule has 0 saturated carbocycles. The van der Waals surface area contributed by atoms with Crippen LogP contribution in [0.4, 0.5) is 11.6 Å². The smallest absolute Gasteiger partial charge is 0.147 e. The topological polar surface area (TPSA) is 78.8 Å². The second kappa shape index (κ2) is 4.42. The van der Waals surface area contributed by atoms with Crippen LogP contribution < -0.4 is 10.6 Å². The Morgan fingerprint density at radius 2 is 2.29 bits per heavy atom. The first kappa shape index (κ1) is 10.3. The van der Waals surface area contributed by atoms with Crippen LogP contribution in [0.5, 0.6) is 0 Å². The van der Waals surface area contributed by atoms with E-state index in [2.05, 4.69) is 16.0 Å². The minimum Gasteiger partial charge on any atom is -0.382 e. The number of hydrogen-bond donors (Lipinski definition) is 1. The molecule has 2 N–H and O–H groups in total. The third-order valence-corrected chi connectivity index (χ3v) is 1.82. The van der Waals surface area contributed by atoms with Gasteiger partial charge in [-0.05, 0) is 6.92 Å². The zero-order chi connectivity index (χ0) is 10.6. The number of rotatable bonds is 3. The van der Waals surface area contributed by atoms with E-state index in [1.807, 2.05) is 18.9 Å². The van der Waals surface area contributed by atoms with Gasteiger partial charge in [0.1, 0.15) is 11.6 Å². The molecule has 0 aliphatic heterocycles. The molecule has 0 spiro atoms. The zero-order valence-electron chi connectivity index (χ0n) is 8.31. The fourth-order valence-corrected chi connectivity index (χ4v) is 1.07. The van der Waals surface area contributed by atoms with Gasteiger partial charge in [0.2, 0.25) is 0 Å². The van der Waals surface area contributed by atoms with Crippen LogP contribution in [0.1, 0.15) is 6.92 Å².